The Kier molecular flexibility index (Phi) is 3.41. The second-order valence-corrected chi connectivity index (χ2v) is 3.70. The van der Waals surface area contributed by atoms with Gasteiger partial charge in [-0.15, -0.1) is 0 Å². The van der Waals surface area contributed by atoms with Crippen LogP contribution in [-0.4, -0.2) is 28.1 Å². The Balaban J connectivity index is 2.55. The number of pyridine rings is 1. The van der Waals surface area contributed by atoms with Crippen LogP contribution in [0.3, 0.4) is 0 Å². The summed E-state index contributed by atoms with van der Waals surface area (Å²) in [5.74, 6) is -0.336. The number of benzene rings is 1. The molecule has 0 aliphatic carbocycles. The molecule has 0 saturated carbocycles. The first kappa shape index (κ1) is 12.3. The van der Waals surface area contributed by atoms with Crippen molar-refractivity contribution in [2.75, 3.05) is 5.32 Å². The predicted octanol–water partition coefficient (Wildman–Crippen LogP) is 0.0391. The van der Waals surface area contributed by atoms with Gasteiger partial charge in [-0.2, -0.15) is 0 Å². The molecule has 1 heterocycles. The van der Waals surface area contributed by atoms with Crippen LogP contribution >= 0.6 is 0 Å². The Labute approximate surface area is 104 Å². The van der Waals surface area contributed by atoms with E-state index in [1.807, 2.05) is 0 Å². The molecule has 3 N–H and O–H groups in total. The van der Waals surface area contributed by atoms with Crippen LogP contribution in [-0.2, 0) is 4.79 Å². The minimum absolute atomic E-state index is 0.336. The second kappa shape index (κ2) is 4.99. The largest absolute Gasteiger partial charge is 0.488 e. The molecule has 6 heteroatoms. The fraction of sp³-hybridized carbons (Fsp3) is 0. The summed E-state index contributed by atoms with van der Waals surface area (Å²) in [5, 5.41) is 21.5. The molecule has 5 nitrogen and oxygen atoms in total. The summed E-state index contributed by atoms with van der Waals surface area (Å²) in [5.41, 5.74) is 1.54. The molecule has 0 aliphatic rings. The van der Waals surface area contributed by atoms with Crippen molar-refractivity contribution in [3.05, 3.63) is 43.1 Å². The number of fused-ring (bicyclic) bond motifs is 1. The van der Waals surface area contributed by atoms with Crippen LogP contribution in [0.4, 0.5) is 5.69 Å². The summed E-state index contributed by atoms with van der Waals surface area (Å²) in [6, 6.07) is 6.44. The normalized spacial score (nSPS) is 10.1. The molecule has 90 valence electrons. The molecule has 1 aromatic heterocycles. The average Bonchev–Trinajstić information content (AvgIpc) is 2.38. The van der Waals surface area contributed by atoms with Gasteiger partial charge in [0.1, 0.15) is 0 Å². The lowest BCUT2D eigenvalue weighted by atomic mass is 9.79. The number of anilines is 1. The molecule has 0 bridgehead atoms. The molecule has 0 fully saturated rings. The summed E-state index contributed by atoms with van der Waals surface area (Å²) < 4.78 is 0. The van der Waals surface area contributed by atoms with Gasteiger partial charge in [0.05, 0.1) is 11.2 Å². The third kappa shape index (κ3) is 2.39. The van der Waals surface area contributed by atoms with Gasteiger partial charge in [0.25, 0.3) is 0 Å². The summed E-state index contributed by atoms with van der Waals surface area (Å²) >= 11 is 0. The van der Waals surface area contributed by atoms with Gasteiger partial charge >= 0.3 is 7.12 Å². The Hall–Kier alpha value is -2.18. The maximum absolute atomic E-state index is 11.3. The molecular weight excluding hydrogens is 231 g/mol. The van der Waals surface area contributed by atoms with Crippen molar-refractivity contribution in [3.8, 4) is 0 Å². The fourth-order valence-corrected chi connectivity index (χ4v) is 1.62. The first-order valence-electron chi connectivity index (χ1n) is 5.30. The van der Waals surface area contributed by atoms with Gasteiger partial charge in [0, 0.05) is 11.6 Å². The van der Waals surface area contributed by atoms with E-state index in [0.29, 0.717) is 22.1 Å². The highest BCUT2D eigenvalue weighted by Gasteiger charge is 2.13. The monoisotopic (exact) mass is 242 g/mol. The summed E-state index contributed by atoms with van der Waals surface area (Å²) in [4.78, 5) is 15.4. The van der Waals surface area contributed by atoms with E-state index in [0.717, 1.165) is 6.08 Å². The second-order valence-electron chi connectivity index (χ2n) is 3.70. The molecule has 18 heavy (non-hydrogen) atoms. The van der Waals surface area contributed by atoms with Crippen molar-refractivity contribution >= 4 is 35.1 Å². The lowest BCUT2D eigenvalue weighted by molar-refractivity contribution is -0.111. The zero-order valence-electron chi connectivity index (χ0n) is 9.50. The van der Waals surface area contributed by atoms with Gasteiger partial charge < -0.3 is 15.4 Å². The predicted molar refractivity (Wildman–Crippen MR) is 70.4 cm³/mol. The topological polar surface area (TPSA) is 82.5 Å². The van der Waals surface area contributed by atoms with E-state index in [1.54, 1.807) is 30.5 Å². The third-order valence-electron chi connectivity index (χ3n) is 2.51. The highest BCUT2D eigenvalue weighted by molar-refractivity contribution is 6.59. The van der Waals surface area contributed by atoms with E-state index >= 15 is 0 Å². The van der Waals surface area contributed by atoms with E-state index in [1.165, 1.54) is 0 Å². The van der Waals surface area contributed by atoms with Crippen molar-refractivity contribution in [2.24, 2.45) is 0 Å². The fourth-order valence-electron chi connectivity index (χ4n) is 1.62. The highest BCUT2D eigenvalue weighted by atomic mass is 16.4. The van der Waals surface area contributed by atoms with Gasteiger partial charge in [0.2, 0.25) is 5.91 Å². The first-order chi connectivity index (χ1) is 8.61. The van der Waals surface area contributed by atoms with Gasteiger partial charge in [0.15, 0.2) is 0 Å². The van der Waals surface area contributed by atoms with Crippen molar-refractivity contribution in [3.63, 3.8) is 0 Å². The Morgan fingerprint density at radius 1 is 1.39 bits per heavy atom. The lowest BCUT2D eigenvalue weighted by Gasteiger charge is -2.08. The van der Waals surface area contributed by atoms with Gasteiger partial charge in [-0.1, -0.05) is 18.7 Å². The molecule has 1 amide bonds. The number of nitrogens with zero attached hydrogens (tertiary/aromatic N) is 1. The molecule has 1 aromatic carbocycles. The van der Waals surface area contributed by atoms with Crippen molar-refractivity contribution in [1.82, 2.24) is 4.98 Å². The molecule has 0 saturated heterocycles. The molecule has 0 atom stereocenters. The smallest absolute Gasteiger partial charge is 0.423 e. The van der Waals surface area contributed by atoms with E-state index in [2.05, 4.69) is 16.9 Å². The Bertz CT molecular complexity index is 613. The maximum atomic E-state index is 11.3. The standard InChI is InChI=1S/C12H11BN2O3/c1-2-12(16)15-11-5-6-14-10-4-3-8(13(17)18)7-9(10)11/h2-7,17-18H,1H2,(H,14,15,16). The summed E-state index contributed by atoms with van der Waals surface area (Å²) in [6.07, 6.45) is 2.73. The molecule has 2 rings (SSSR count). The minimum atomic E-state index is -1.56. The maximum Gasteiger partial charge on any atom is 0.488 e. The minimum Gasteiger partial charge on any atom is -0.423 e. The Morgan fingerprint density at radius 3 is 2.83 bits per heavy atom. The van der Waals surface area contributed by atoms with Crippen LogP contribution in [0, 0.1) is 0 Å². The number of nitrogens with one attached hydrogen (secondary N) is 1. The number of rotatable bonds is 3. The van der Waals surface area contributed by atoms with Crippen LogP contribution in [0.15, 0.2) is 43.1 Å². The van der Waals surface area contributed by atoms with Crippen LogP contribution in [0.25, 0.3) is 10.9 Å². The van der Waals surface area contributed by atoms with Gasteiger partial charge in [-0.25, -0.2) is 0 Å². The number of aromatic nitrogens is 1. The number of carbonyl (C=O) groups is 1. The molecule has 0 radical (unpaired) electrons. The van der Waals surface area contributed by atoms with Crippen LogP contribution in [0.1, 0.15) is 0 Å². The van der Waals surface area contributed by atoms with Crippen molar-refractivity contribution in [1.29, 1.82) is 0 Å². The molecule has 0 unspecified atom stereocenters. The van der Waals surface area contributed by atoms with Crippen LogP contribution in [0.2, 0.25) is 0 Å². The van der Waals surface area contributed by atoms with Crippen molar-refractivity contribution in [2.45, 2.75) is 0 Å². The van der Waals surface area contributed by atoms with E-state index in [4.69, 9.17) is 10.0 Å². The summed E-state index contributed by atoms with van der Waals surface area (Å²) in [7, 11) is -1.56. The van der Waals surface area contributed by atoms with Gasteiger partial charge in [-0.05, 0) is 23.7 Å². The zero-order chi connectivity index (χ0) is 13.1. The van der Waals surface area contributed by atoms with Crippen LogP contribution < -0.4 is 10.8 Å². The highest BCUT2D eigenvalue weighted by Crippen LogP contribution is 2.20. The summed E-state index contributed by atoms with van der Waals surface area (Å²) in [6.45, 7) is 3.37. The van der Waals surface area contributed by atoms with E-state index < -0.39 is 7.12 Å². The SMILES string of the molecule is C=CC(=O)Nc1ccnc2ccc(B(O)O)cc12. The molecule has 0 spiro atoms. The lowest BCUT2D eigenvalue weighted by Crippen LogP contribution is -2.29. The molecule has 2 aromatic rings. The third-order valence-corrected chi connectivity index (χ3v) is 2.51. The number of hydrogen-bond acceptors (Lipinski definition) is 4. The quantitative estimate of drug-likeness (QED) is 0.524. The number of amides is 1. The van der Waals surface area contributed by atoms with E-state index in [-0.39, 0.29) is 5.91 Å². The van der Waals surface area contributed by atoms with Crippen molar-refractivity contribution < 1.29 is 14.8 Å². The van der Waals surface area contributed by atoms with Gasteiger partial charge in [-0.3, -0.25) is 9.78 Å². The number of carbonyl (C=O) groups excluding carboxylic acids is 1. The average molecular weight is 242 g/mol. The zero-order valence-corrected chi connectivity index (χ0v) is 9.50. The van der Waals surface area contributed by atoms with Crippen LogP contribution in [0.5, 0.6) is 0 Å². The molecular formula is C12H11BN2O3. The Morgan fingerprint density at radius 2 is 2.17 bits per heavy atom. The first-order valence-corrected chi connectivity index (χ1v) is 5.30. The van der Waals surface area contributed by atoms with E-state index in [9.17, 15) is 4.79 Å². The molecule has 0 aliphatic heterocycles. The number of hydrogen-bond donors (Lipinski definition) is 3.